The topological polar surface area (TPSA) is 48.0 Å². The van der Waals surface area contributed by atoms with Gasteiger partial charge in [0.05, 0.1) is 5.54 Å². The Morgan fingerprint density at radius 2 is 2.07 bits per heavy atom. The number of rotatable bonds is 2. The van der Waals surface area contributed by atoms with Gasteiger partial charge in [-0.15, -0.1) is 0 Å². The molecule has 0 atom stereocenters. The summed E-state index contributed by atoms with van der Waals surface area (Å²) in [6, 6.07) is 5.53. The molecule has 0 aliphatic heterocycles. The molecule has 1 aromatic rings. The molecule has 0 unspecified atom stereocenters. The Morgan fingerprint density at radius 1 is 1.43 bits per heavy atom. The Bertz CT molecular complexity index is 402. The summed E-state index contributed by atoms with van der Waals surface area (Å²) < 4.78 is 1.80. The van der Waals surface area contributed by atoms with E-state index in [-0.39, 0.29) is 17.1 Å². The van der Waals surface area contributed by atoms with Gasteiger partial charge in [-0.05, 0) is 32.8 Å². The molecular weight excluding hydrogens is 176 g/mol. The number of pyridine rings is 1. The van der Waals surface area contributed by atoms with E-state index in [0.29, 0.717) is 0 Å². The molecular formula is C11H16N2O. The van der Waals surface area contributed by atoms with E-state index in [1.807, 2.05) is 19.9 Å². The van der Waals surface area contributed by atoms with E-state index in [2.05, 4.69) is 0 Å². The third-order valence-electron chi connectivity index (χ3n) is 2.81. The molecule has 3 heteroatoms. The molecule has 0 radical (unpaired) electrons. The molecule has 2 N–H and O–H groups in total. The fraction of sp³-hybridized carbons (Fsp3) is 0.545. The monoisotopic (exact) mass is 192 g/mol. The zero-order valence-corrected chi connectivity index (χ0v) is 8.66. The summed E-state index contributed by atoms with van der Waals surface area (Å²) in [4.78, 5) is 11.7. The third kappa shape index (κ3) is 1.38. The van der Waals surface area contributed by atoms with E-state index < -0.39 is 0 Å². The van der Waals surface area contributed by atoms with Crippen LogP contribution in [0.3, 0.4) is 0 Å². The van der Waals surface area contributed by atoms with Crippen LogP contribution in [0.1, 0.15) is 38.4 Å². The summed E-state index contributed by atoms with van der Waals surface area (Å²) in [5, 5.41) is 0. The van der Waals surface area contributed by atoms with Gasteiger partial charge < -0.3 is 10.3 Å². The SMILES string of the molecule is CC(C)n1c(C2(N)CC2)cccc1=O. The summed E-state index contributed by atoms with van der Waals surface area (Å²) in [7, 11) is 0. The minimum atomic E-state index is -0.231. The molecule has 2 rings (SSSR count). The quantitative estimate of drug-likeness (QED) is 0.769. The van der Waals surface area contributed by atoms with Crippen molar-refractivity contribution in [3.8, 4) is 0 Å². The predicted molar refractivity (Wildman–Crippen MR) is 56.2 cm³/mol. The molecule has 76 valence electrons. The smallest absolute Gasteiger partial charge is 0.251 e. The van der Waals surface area contributed by atoms with Crippen LogP contribution in [0, 0.1) is 0 Å². The van der Waals surface area contributed by atoms with Crippen molar-refractivity contribution in [1.82, 2.24) is 4.57 Å². The molecule has 1 aliphatic rings. The van der Waals surface area contributed by atoms with Gasteiger partial charge >= 0.3 is 0 Å². The van der Waals surface area contributed by atoms with Crippen LogP contribution in [0.15, 0.2) is 23.0 Å². The first-order valence-corrected chi connectivity index (χ1v) is 5.05. The second-order valence-electron chi connectivity index (χ2n) is 4.37. The van der Waals surface area contributed by atoms with Gasteiger partial charge in [-0.1, -0.05) is 6.07 Å². The maximum atomic E-state index is 11.7. The van der Waals surface area contributed by atoms with Crippen LogP contribution in [0.4, 0.5) is 0 Å². The summed E-state index contributed by atoms with van der Waals surface area (Å²) in [6.45, 7) is 4.02. The van der Waals surface area contributed by atoms with Crippen molar-refractivity contribution in [3.63, 3.8) is 0 Å². The van der Waals surface area contributed by atoms with Crippen molar-refractivity contribution in [2.75, 3.05) is 0 Å². The third-order valence-corrected chi connectivity index (χ3v) is 2.81. The summed E-state index contributed by atoms with van der Waals surface area (Å²) in [6.07, 6.45) is 1.98. The van der Waals surface area contributed by atoms with Gasteiger partial charge in [0.2, 0.25) is 0 Å². The van der Waals surface area contributed by atoms with Gasteiger partial charge in [-0.2, -0.15) is 0 Å². The van der Waals surface area contributed by atoms with E-state index in [4.69, 9.17) is 5.73 Å². The highest BCUT2D eigenvalue weighted by molar-refractivity contribution is 5.23. The number of nitrogens with zero attached hydrogens (tertiary/aromatic N) is 1. The second kappa shape index (κ2) is 2.95. The molecule has 1 heterocycles. The van der Waals surface area contributed by atoms with Gasteiger partial charge in [-0.3, -0.25) is 4.79 Å². The van der Waals surface area contributed by atoms with Crippen molar-refractivity contribution in [3.05, 3.63) is 34.2 Å². The van der Waals surface area contributed by atoms with E-state index >= 15 is 0 Å². The first-order chi connectivity index (χ1) is 6.54. The Morgan fingerprint density at radius 3 is 2.57 bits per heavy atom. The fourth-order valence-corrected chi connectivity index (χ4v) is 1.83. The number of hydrogen-bond donors (Lipinski definition) is 1. The summed E-state index contributed by atoms with van der Waals surface area (Å²) in [5.41, 5.74) is 6.92. The normalized spacial score (nSPS) is 18.6. The minimum Gasteiger partial charge on any atom is -0.320 e. The van der Waals surface area contributed by atoms with Crippen LogP contribution in [0.25, 0.3) is 0 Å². The molecule has 0 aromatic carbocycles. The van der Waals surface area contributed by atoms with Crippen LogP contribution in [-0.4, -0.2) is 4.57 Å². The van der Waals surface area contributed by atoms with Crippen molar-refractivity contribution in [1.29, 1.82) is 0 Å². The van der Waals surface area contributed by atoms with E-state index in [1.54, 1.807) is 16.7 Å². The second-order valence-corrected chi connectivity index (χ2v) is 4.37. The lowest BCUT2D eigenvalue weighted by Gasteiger charge is -2.20. The lowest BCUT2D eigenvalue weighted by atomic mass is 10.1. The van der Waals surface area contributed by atoms with Crippen LogP contribution >= 0.6 is 0 Å². The van der Waals surface area contributed by atoms with Gasteiger partial charge in [0.15, 0.2) is 0 Å². The zero-order valence-electron chi connectivity index (χ0n) is 8.66. The largest absolute Gasteiger partial charge is 0.320 e. The molecule has 14 heavy (non-hydrogen) atoms. The van der Waals surface area contributed by atoms with Crippen LogP contribution in [-0.2, 0) is 5.54 Å². The van der Waals surface area contributed by atoms with Crippen molar-refractivity contribution in [2.45, 2.75) is 38.3 Å². The van der Waals surface area contributed by atoms with Crippen LogP contribution in [0.5, 0.6) is 0 Å². The van der Waals surface area contributed by atoms with E-state index in [0.717, 1.165) is 18.5 Å². The lowest BCUT2D eigenvalue weighted by Crippen LogP contribution is -2.32. The summed E-state index contributed by atoms with van der Waals surface area (Å²) >= 11 is 0. The number of hydrogen-bond acceptors (Lipinski definition) is 2. The molecule has 0 saturated heterocycles. The lowest BCUT2D eigenvalue weighted by molar-refractivity contribution is 0.513. The molecule has 0 bridgehead atoms. The Labute approximate surface area is 83.5 Å². The highest BCUT2D eigenvalue weighted by atomic mass is 16.1. The average Bonchev–Trinajstić information content (AvgIpc) is 2.84. The number of nitrogens with two attached hydrogens (primary N) is 1. The van der Waals surface area contributed by atoms with Gasteiger partial charge in [0, 0.05) is 17.8 Å². The molecule has 1 aromatic heterocycles. The van der Waals surface area contributed by atoms with Gasteiger partial charge in [0.1, 0.15) is 0 Å². The molecule has 0 amide bonds. The highest BCUT2D eigenvalue weighted by Gasteiger charge is 2.42. The van der Waals surface area contributed by atoms with Gasteiger partial charge in [-0.25, -0.2) is 0 Å². The Kier molecular flexibility index (Phi) is 2.00. The maximum Gasteiger partial charge on any atom is 0.251 e. The molecule has 1 saturated carbocycles. The summed E-state index contributed by atoms with van der Waals surface area (Å²) in [5.74, 6) is 0. The zero-order chi connectivity index (χ0) is 10.3. The molecule has 1 aliphatic carbocycles. The van der Waals surface area contributed by atoms with Crippen LogP contribution < -0.4 is 11.3 Å². The Balaban J connectivity index is 2.59. The average molecular weight is 192 g/mol. The van der Waals surface area contributed by atoms with Gasteiger partial charge in [0.25, 0.3) is 5.56 Å². The number of aromatic nitrogens is 1. The van der Waals surface area contributed by atoms with Crippen molar-refractivity contribution in [2.24, 2.45) is 5.73 Å². The fourth-order valence-electron chi connectivity index (χ4n) is 1.83. The van der Waals surface area contributed by atoms with Crippen molar-refractivity contribution < 1.29 is 0 Å². The van der Waals surface area contributed by atoms with E-state index in [9.17, 15) is 4.79 Å². The maximum absolute atomic E-state index is 11.7. The molecule has 0 spiro atoms. The predicted octanol–water partition coefficient (Wildman–Crippen LogP) is 1.38. The first kappa shape index (κ1) is 9.46. The Hall–Kier alpha value is -1.09. The first-order valence-electron chi connectivity index (χ1n) is 5.05. The highest BCUT2D eigenvalue weighted by Crippen LogP contribution is 2.42. The van der Waals surface area contributed by atoms with Crippen LogP contribution in [0.2, 0.25) is 0 Å². The minimum absolute atomic E-state index is 0.0502. The van der Waals surface area contributed by atoms with Crippen molar-refractivity contribution >= 4 is 0 Å². The standard InChI is InChI=1S/C11H16N2O/c1-8(2)13-9(11(12)6-7-11)4-3-5-10(13)14/h3-5,8H,6-7,12H2,1-2H3. The molecule has 1 fully saturated rings. The molecule has 3 nitrogen and oxygen atoms in total. The van der Waals surface area contributed by atoms with E-state index in [1.165, 1.54) is 0 Å².